The Bertz CT molecular complexity index is 912. The van der Waals surface area contributed by atoms with Gasteiger partial charge in [-0.2, -0.15) is 14.9 Å². The number of aryl methyl sites for hydroxylation is 2. The number of ether oxygens (including phenoxy) is 1. The summed E-state index contributed by atoms with van der Waals surface area (Å²) in [6.45, 7) is 4.36. The predicted octanol–water partition coefficient (Wildman–Crippen LogP) is 4.02. The molecule has 0 amide bonds. The van der Waals surface area contributed by atoms with E-state index >= 15 is 0 Å². The third-order valence-corrected chi connectivity index (χ3v) is 3.79. The van der Waals surface area contributed by atoms with E-state index in [1.807, 2.05) is 49.4 Å². The van der Waals surface area contributed by atoms with Gasteiger partial charge in [-0.25, -0.2) is 5.10 Å². The van der Waals surface area contributed by atoms with Gasteiger partial charge in [0.25, 0.3) is 0 Å². The quantitative estimate of drug-likeness (QED) is 0.565. The summed E-state index contributed by atoms with van der Waals surface area (Å²) in [6.07, 6.45) is 1.74. The van der Waals surface area contributed by atoms with Crippen molar-refractivity contribution in [3.8, 4) is 5.75 Å². The minimum absolute atomic E-state index is 0.281. The first-order chi connectivity index (χ1) is 11.6. The number of aromatic amines is 1. The molecular weight excluding hydrogens is 320 g/mol. The van der Waals surface area contributed by atoms with E-state index in [1.165, 1.54) is 5.56 Å². The van der Waals surface area contributed by atoms with Crippen molar-refractivity contribution in [2.75, 3.05) is 0 Å². The van der Waals surface area contributed by atoms with Gasteiger partial charge < -0.3 is 4.74 Å². The molecule has 5 nitrogen and oxygen atoms in total. The average molecular weight is 338 g/mol. The Morgan fingerprint density at radius 2 is 2.00 bits per heavy atom. The molecule has 6 heteroatoms. The Labute approximate surface area is 145 Å². The van der Waals surface area contributed by atoms with Crippen molar-refractivity contribution in [3.05, 3.63) is 75.8 Å². The molecule has 122 valence electrons. The zero-order valence-corrected chi connectivity index (χ0v) is 14.4. The van der Waals surface area contributed by atoms with Gasteiger partial charge in [0.1, 0.15) is 12.4 Å². The number of hydrogen-bond acceptors (Lipinski definition) is 4. The number of hydrogen-bond donors (Lipinski definition) is 1. The molecule has 1 heterocycles. The van der Waals surface area contributed by atoms with Crippen LogP contribution in [0.1, 0.15) is 22.5 Å². The number of nitrogens with zero attached hydrogens (tertiary/aromatic N) is 3. The first-order valence-corrected chi connectivity index (χ1v) is 8.00. The van der Waals surface area contributed by atoms with Crippen LogP contribution in [0.15, 0.2) is 53.6 Å². The minimum Gasteiger partial charge on any atom is -0.485 e. The third-order valence-electron chi connectivity index (χ3n) is 3.53. The van der Waals surface area contributed by atoms with Crippen molar-refractivity contribution >= 4 is 18.4 Å². The van der Waals surface area contributed by atoms with Crippen LogP contribution < -0.4 is 4.74 Å². The van der Waals surface area contributed by atoms with E-state index < -0.39 is 0 Å². The van der Waals surface area contributed by atoms with Gasteiger partial charge in [-0.3, -0.25) is 0 Å². The molecule has 0 saturated heterocycles. The molecular formula is C18H18N4OS. The second-order valence-corrected chi connectivity index (χ2v) is 5.86. The second kappa shape index (κ2) is 7.23. The summed E-state index contributed by atoms with van der Waals surface area (Å²) in [7, 11) is 0. The molecule has 0 aliphatic heterocycles. The summed E-state index contributed by atoms with van der Waals surface area (Å²) in [5, 5.41) is 11.4. The third kappa shape index (κ3) is 3.78. The molecule has 3 aromatic rings. The lowest BCUT2D eigenvalue weighted by molar-refractivity contribution is 0.288. The second-order valence-electron chi connectivity index (χ2n) is 5.47. The topological polar surface area (TPSA) is 55.2 Å². The summed E-state index contributed by atoms with van der Waals surface area (Å²) in [6, 6.07) is 15.9. The van der Waals surface area contributed by atoms with E-state index in [0.29, 0.717) is 10.6 Å². The predicted molar refractivity (Wildman–Crippen MR) is 97.1 cm³/mol. The molecule has 0 radical (unpaired) electrons. The molecule has 0 unspecified atom stereocenters. The van der Waals surface area contributed by atoms with Crippen molar-refractivity contribution < 1.29 is 4.74 Å². The van der Waals surface area contributed by atoms with Crippen molar-refractivity contribution in [3.63, 3.8) is 0 Å². The Hall–Kier alpha value is -2.73. The monoisotopic (exact) mass is 338 g/mol. The SMILES string of the molecule is Cc1ccc(OCc2n[nH]c(=S)n2/N=C\c2ccccc2)c(C)c1. The number of aromatic nitrogens is 3. The maximum Gasteiger partial charge on any atom is 0.216 e. The molecule has 0 saturated carbocycles. The van der Waals surface area contributed by atoms with Crippen LogP contribution in [-0.2, 0) is 6.61 Å². The van der Waals surface area contributed by atoms with Gasteiger partial charge in [-0.05, 0) is 43.3 Å². The van der Waals surface area contributed by atoms with E-state index in [-0.39, 0.29) is 6.61 Å². The van der Waals surface area contributed by atoms with Crippen molar-refractivity contribution in [1.29, 1.82) is 0 Å². The fraction of sp³-hybridized carbons (Fsp3) is 0.167. The summed E-state index contributed by atoms with van der Waals surface area (Å²) in [5.74, 6) is 1.44. The Balaban J connectivity index is 1.77. The van der Waals surface area contributed by atoms with Crippen LogP contribution in [0.25, 0.3) is 0 Å². The van der Waals surface area contributed by atoms with Gasteiger partial charge in [0.05, 0.1) is 6.21 Å². The van der Waals surface area contributed by atoms with Crippen LogP contribution in [0.5, 0.6) is 5.75 Å². The van der Waals surface area contributed by atoms with Crippen LogP contribution in [0.4, 0.5) is 0 Å². The normalized spacial score (nSPS) is 11.1. The van der Waals surface area contributed by atoms with E-state index in [0.717, 1.165) is 16.9 Å². The Morgan fingerprint density at radius 1 is 1.21 bits per heavy atom. The van der Waals surface area contributed by atoms with Crippen LogP contribution in [0.3, 0.4) is 0 Å². The standard InChI is InChI=1S/C18H18N4OS/c1-13-8-9-16(14(2)10-13)23-12-17-20-21-18(24)22(17)19-11-15-6-4-3-5-7-15/h3-11H,12H2,1-2H3,(H,21,24)/b19-11-. The van der Waals surface area contributed by atoms with Crippen molar-refractivity contribution in [2.45, 2.75) is 20.5 Å². The summed E-state index contributed by atoms with van der Waals surface area (Å²) in [4.78, 5) is 0. The molecule has 1 aromatic heterocycles. The van der Waals surface area contributed by atoms with E-state index in [2.05, 4.69) is 28.3 Å². The molecule has 0 atom stereocenters. The first-order valence-electron chi connectivity index (χ1n) is 7.59. The lowest BCUT2D eigenvalue weighted by Crippen LogP contribution is -2.05. The van der Waals surface area contributed by atoms with Gasteiger partial charge in [-0.1, -0.05) is 48.0 Å². The smallest absolute Gasteiger partial charge is 0.216 e. The molecule has 0 aliphatic rings. The zero-order chi connectivity index (χ0) is 16.9. The molecule has 2 aromatic carbocycles. The van der Waals surface area contributed by atoms with Gasteiger partial charge in [-0.15, -0.1) is 0 Å². The lowest BCUT2D eigenvalue weighted by Gasteiger charge is -2.09. The molecule has 24 heavy (non-hydrogen) atoms. The van der Waals surface area contributed by atoms with Gasteiger partial charge in [0, 0.05) is 0 Å². The van der Waals surface area contributed by atoms with Crippen molar-refractivity contribution in [1.82, 2.24) is 14.9 Å². The van der Waals surface area contributed by atoms with Gasteiger partial charge in [0.2, 0.25) is 4.77 Å². The van der Waals surface area contributed by atoms with Crippen LogP contribution in [-0.4, -0.2) is 21.1 Å². The summed E-state index contributed by atoms with van der Waals surface area (Å²) < 4.78 is 7.87. The van der Waals surface area contributed by atoms with Crippen LogP contribution in [0.2, 0.25) is 0 Å². The van der Waals surface area contributed by atoms with E-state index in [1.54, 1.807) is 10.9 Å². The molecule has 0 bridgehead atoms. The highest BCUT2D eigenvalue weighted by Gasteiger charge is 2.07. The van der Waals surface area contributed by atoms with Crippen LogP contribution in [0, 0.1) is 18.6 Å². The Kier molecular flexibility index (Phi) is 4.86. The maximum absolute atomic E-state index is 5.86. The lowest BCUT2D eigenvalue weighted by atomic mass is 10.1. The van der Waals surface area contributed by atoms with E-state index in [4.69, 9.17) is 17.0 Å². The molecule has 3 rings (SSSR count). The molecule has 1 N–H and O–H groups in total. The zero-order valence-electron chi connectivity index (χ0n) is 13.6. The van der Waals surface area contributed by atoms with Gasteiger partial charge >= 0.3 is 0 Å². The molecule has 0 fully saturated rings. The average Bonchev–Trinajstić information content (AvgIpc) is 2.93. The molecule has 0 aliphatic carbocycles. The highest BCUT2D eigenvalue weighted by Crippen LogP contribution is 2.19. The number of H-pyrrole nitrogens is 1. The van der Waals surface area contributed by atoms with Crippen molar-refractivity contribution in [2.24, 2.45) is 5.10 Å². The number of benzene rings is 2. The summed E-state index contributed by atoms with van der Waals surface area (Å²) >= 11 is 5.24. The number of rotatable bonds is 5. The first kappa shape index (κ1) is 16.1. The Morgan fingerprint density at radius 3 is 2.75 bits per heavy atom. The number of nitrogens with one attached hydrogen (secondary N) is 1. The fourth-order valence-electron chi connectivity index (χ4n) is 2.30. The fourth-order valence-corrected chi connectivity index (χ4v) is 2.50. The van der Waals surface area contributed by atoms with E-state index in [9.17, 15) is 0 Å². The van der Waals surface area contributed by atoms with Gasteiger partial charge in [0.15, 0.2) is 5.82 Å². The molecule has 0 spiro atoms. The minimum atomic E-state index is 0.281. The highest BCUT2D eigenvalue weighted by molar-refractivity contribution is 7.71. The summed E-state index contributed by atoms with van der Waals surface area (Å²) in [5.41, 5.74) is 3.28. The largest absolute Gasteiger partial charge is 0.485 e. The highest BCUT2D eigenvalue weighted by atomic mass is 32.1. The maximum atomic E-state index is 5.86. The van der Waals surface area contributed by atoms with Crippen LogP contribution >= 0.6 is 12.2 Å².